The molecule has 1 aliphatic heterocycles. The Labute approximate surface area is 110 Å². The van der Waals surface area contributed by atoms with Gasteiger partial charge in [-0.3, -0.25) is 0 Å². The lowest BCUT2D eigenvalue weighted by molar-refractivity contribution is 0.243. The zero-order chi connectivity index (χ0) is 12.6. The van der Waals surface area contributed by atoms with Gasteiger partial charge < -0.3 is 15.0 Å². The van der Waals surface area contributed by atoms with Crippen molar-refractivity contribution in [3.05, 3.63) is 29.8 Å². The second-order valence-corrected chi connectivity index (χ2v) is 4.84. The van der Waals surface area contributed by atoms with Crippen molar-refractivity contribution in [1.29, 1.82) is 0 Å². The lowest BCUT2D eigenvalue weighted by Gasteiger charge is -2.27. The molecule has 0 saturated carbocycles. The van der Waals surface area contributed by atoms with E-state index >= 15 is 0 Å². The highest BCUT2D eigenvalue weighted by molar-refractivity contribution is 5.28. The van der Waals surface area contributed by atoms with E-state index in [1.165, 1.54) is 18.7 Å². The zero-order valence-corrected chi connectivity index (χ0v) is 11.3. The Kier molecular flexibility index (Phi) is 5.49. The highest BCUT2D eigenvalue weighted by atomic mass is 16.5. The van der Waals surface area contributed by atoms with Crippen molar-refractivity contribution in [1.82, 2.24) is 10.2 Å². The van der Waals surface area contributed by atoms with E-state index in [9.17, 15) is 0 Å². The summed E-state index contributed by atoms with van der Waals surface area (Å²) in [4.78, 5) is 2.52. The fourth-order valence-electron chi connectivity index (χ4n) is 2.23. The summed E-state index contributed by atoms with van der Waals surface area (Å²) in [5, 5.41) is 3.38. The molecule has 0 atom stereocenters. The maximum Gasteiger partial charge on any atom is 0.119 e. The largest absolute Gasteiger partial charge is 0.494 e. The molecule has 1 aromatic rings. The van der Waals surface area contributed by atoms with Crippen LogP contribution in [0.3, 0.4) is 0 Å². The second kappa shape index (κ2) is 7.39. The molecule has 3 heteroatoms. The first kappa shape index (κ1) is 13.4. The molecule has 18 heavy (non-hydrogen) atoms. The monoisotopic (exact) mass is 248 g/mol. The van der Waals surface area contributed by atoms with Gasteiger partial charge in [0.2, 0.25) is 0 Å². The van der Waals surface area contributed by atoms with Gasteiger partial charge in [-0.05, 0) is 30.5 Å². The predicted octanol–water partition coefficient (Wildman–Crippen LogP) is 1.92. The number of hydrogen-bond acceptors (Lipinski definition) is 3. The van der Waals surface area contributed by atoms with Crippen LogP contribution in [0.5, 0.6) is 5.75 Å². The van der Waals surface area contributed by atoms with Crippen molar-refractivity contribution in [2.75, 3.05) is 39.3 Å². The average Bonchev–Trinajstić information content (AvgIpc) is 2.44. The minimum Gasteiger partial charge on any atom is -0.494 e. The van der Waals surface area contributed by atoms with E-state index in [0.29, 0.717) is 0 Å². The summed E-state index contributed by atoms with van der Waals surface area (Å²) in [5.41, 5.74) is 1.38. The highest BCUT2D eigenvalue weighted by Gasteiger charge is 2.09. The van der Waals surface area contributed by atoms with Crippen LogP contribution >= 0.6 is 0 Å². The van der Waals surface area contributed by atoms with Crippen LogP contribution in [-0.4, -0.2) is 44.2 Å². The zero-order valence-electron chi connectivity index (χ0n) is 11.3. The van der Waals surface area contributed by atoms with Gasteiger partial charge in [0.05, 0.1) is 6.61 Å². The first-order chi connectivity index (χ1) is 8.88. The van der Waals surface area contributed by atoms with Crippen LogP contribution in [0.25, 0.3) is 0 Å². The fraction of sp³-hybridized carbons (Fsp3) is 0.600. The molecule has 1 aromatic carbocycles. The predicted molar refractivity (Wildman–Crippen MR) is 75.2 cm³/mol. The third-order valence-corrected chi connectivity index (χ3v) is 3.30. The van der Waals surface area contributed by atoms with Crippen LogP contribution in [0.4, 0.5) is 0 Å². The molecule has 3 nitrogen and oxygen atoms in total. The lowest BCUT2D eigenvalue weighted by Crippen LogP contribution is -2.44. The van der Waals surface area contributed by atoms with E-state index in [2.05, 4.69) is 35.3 Å². The lowest BCUT2D eigenvalue weighted by atomic mass is 10.1. The molecule has 0 aliphatic carbocycles. The Morgan fingerprint density at radius 1 is 1.28 bits per heavy atom. The molecule has 0 aromatic heterocycles. The molecule has 1 aliphatic rings. The summed E-state index contributed by atoms with van der Waals surface area (Å²) in [6, 6.07) is 8.51. The van der Waals surface area contributed by atoms with E-state index in [0.717, 1.165) is 44.8 Å². The van der Waals surface area contributed by atoms with E-state index in [-0.39, 0.29) is 0 Å². The maximum absolute atomic E-state index is 5.66. The molecule has 0 unspecified atom stereocenters. The first-order valence-electron chi connectivity index (χ1n) is 7.03. The topological polar surface area (TPSA) is 24.5 Å². The molecule has 0 bridgehead atoms. The Morgan fingerprint density at radius 3 is 2.89 bits per heavy atom. The molecule has 0 amide bonds. The van der Waals surface area contributed by atoms with Crippen LogP contribution < -0.4 is 10.1 Å². The van der Waals surface area contributed by atoms with Crippen molar-refractivity contribution >= 4 is 0 Å². The van der Waals surface area contributed by atoms with Crippen LogP contribution in [0.1, 0.15) is 18.9 Å². The van der Waals surface area contributed by atoms with Gasteiger partial charge in [-0.1, -0.05) is 19.1 Å². The summed E-state index contributed by atoms with van der Waals surface area (Å²) < 4.78 is 5.66. The van der Waals surface area contributed by atoms with Crippen LogP contribution in [-0.2, 0) is 6.42 Å². The molecule has 1 heterocycles. The molecule has 2 rings (SSSR count). The Bertz CT molecular complexity index is 348. The first-order valence-corrected chi connectivity index (χ1v) is 7.03. The van der Waals surface area contributed by atoms with Gasteiger partial charge in [-0.2, -0.15) is 0 Å². The molecule has 1 fully saturated rings. The summed E-state index contributed by atoms with van der Waals surface area (Å²) >= 11 is 0. The third-order valence-electron chi connectivity index (χ3n) is 3.30. The van der Waals surface area contributed by atoms with Crippen molar-refractivity contribution in [2.45, 2.75) is 19.8 Å². The van der Waals surface area contributed by atoms with E-state index in [1.807, 2.05) is 6.07 Å². The van der Waals surface area contributed by atoms with Crippen molar-refractivity contribution < 1.29 is 4.74 Å². The average molecular weight is 248 g/mol. The van der Waals surface area contributed by atoms with Gasteiger partial charge in [0.1, 0.15) is 5.75 Å². The van der Waals surface area contributed by atoms with E-state index in [4.69, 9.17) is 4.74 Å². The minimum atomic E-state index is 0.807. The maximum atomic E-state index is 5.66. The summed E-state index contributed by atoms with van der Waals surface area (Å²) in [7, 11) is 0. The van der Waals surface area contributed by atoms with Gasteiger partial charge >= 0.3 is 0 Å². The van der Waals surface area contributed by atoms with Crippen LogP contribution in [0.15, 0.2) is 24.3 Å². The van der Waals surface area contributed by atoms with Crippen molar-refractivity contribution in [3.63, 3.8) is 0 Å². The minimum absolute atomic E-state index is 0.807. The number of nitrogens with one attached hydrogen (secondary N) is 1. The Balaban J connectivity index is 1.80. The van der Waals surface area contributed by atoms with Crippen LogP contribution in [0.2, 0.25) is 0 Å². The smallest absolute Gasteiger partial charge is 0.119 e. The number of rotatable bonds is 6. The third kappa shape index (κ3) is 4.31. The Hall–Kier alpha value is -1.06. The van der Waals surface area contributed by atoms with E-state index < -0.39 is 0 Å². The number of hydrogen-bond donors (Lipinski definition) is 1. The number of benzene rings is 1. The van der Waals surface area contributed by atoms with Gasteiger partial charge in [0.25, 0.3) is 0 Å². The molecule has 1 N–H and O–H groups in total. The van der Waals surface area contributed by atoms with Gasteiger partial charge in [-0.25, -0.2) is 0 Å². The van der Waals surface area contributed by atoms with Crippen molar-refractivity contribution in [2.24, 2.45) is 0 Å². The number of nitrogens with zero attached hydrogens (tertiary/aromatic N) is 1. The SMILES string of the molecule is CCCOc1cccc(CCN2CCNCC2)c1. The molecule has 0 radical (unpaired) electrons. The second-order valence-electron chi connectivity index (χ2n) is 4.84. The van der Waals surface area contributed by atoms with Gasteiger partial charge in [0, 0.05) is 32.7 Å². The van der Waals surface area contributed by atoms with Gasteiger partial charge in [0.15, 0.2) is 0 Å². The molecule has 0 spiro atoms. The molecular weight excluding hydrogens is 224 g/mol. The molecule has 100 valence electrons. The van der Waals surface area contributed by atoms with Crippen molar-refractivity contribution in [3.8, 4) is 5.75 Å². The summed E-state index contributed by atoms with van der Waals surface area (Å²) in [5.74, 6) is 1.01. The summed E-state index contributed by atoms with van der Waals surface area (Å²) in [6.07, 6.45) is 2.17. The number of piperazine rings is 1. The standard InChI is InChI=1S/C15H24N2O/c1-2-12-18-15-5-3-4-14(13-15)6-9-17-10-7-16-8-11-17/h3-5,13,16H,2,6-12H2,1H3. The highest BCUT2D eigenvalue weighted by Crippen LogP contribution is 2.14. The molecule has 1 saturated heterocycles. The quantitative estimate of drug-likeness (QED) is 0.832. The number of ether oxygens (including phenoxy) is 1. The van der Waals surface area contributed by atoms with E-state index in [1.54, 1.807) is 0 Å². The Morgan fingerprint density at radius 2 is 2.11 bits per heavy atom. The van der Waals surface area contributed by atoms with Gasteiger partial charge in [-0.15, -0.1) is 0 Å². The summed E-state index contributed by atoms with van der Waals surface area (Å²) in [6.45, 7) is 8.69. The molecular formula is C15H24N2O. The normalized spacial score (nSPS) is 16.7. The fourth-order valence-corrected chi connectivity index (χ4v) is 2.23. The van der Waals surface area contributed by atoms with Crippen LogP contribution in [0, 0.1) is 0 Å².